The molecule has 152 valence electrons. The molecule has 2 aliphatic rings. The molecule has 0 atom stereocenters. The maximum absolute atomic E-state index is 12.1. The van der Waals surface area contributed by atoms with Gasteiger partial charge in [0.05, 0.1) is 10.5 Å². The third kappa shape index (κ3) is 5.62. The zero-order valence-electron chi connectivity index (χ0n) is 15.5. The van der Waals surface area contributed by atoms with Crippen molar-refractivity contribution in [3.63, 3.8) is 0 Å². The Labute approximate surface area is 164 Å². The number of ether oxygens (including phenoxy) is 1. The molecule has 0 radical (unpaired) electrons. The van der Waals surface area contributed by atoms with Gasteiger partial charge in [-0.1, -0.05) is 19.3 Å². The molecule has 3 rings (SSSR count). The Kier molecular flexibility index (Phi) is 6.46. The van der Waals surface area contributed by atoms with Gasteiger partial charge >= 0.3 is 5.97 Å². The molecule has 0 saturated heterocycles. The van der Waals surface area contributed by atoms with E-state index in [0.29, 0.717) is 0 Å². The summed E-state index contributed by atoms with van der Waals surface area (Å²) in [4.78, 5) is 35.9. The van der Waals surface area contributed by atoms with Crippen LogP contribution in [0.1, 0.15) is 55.3 Å². The van der Waals surface area contributed by atoms with Gasteiger partial charge in [-0.15, -0.1) is 0 Å². The highest BCUT2D eigenvalue weighted by atomic mass is 32.2. The summed E-state index contributed by atoms with van der Waals surface area (Å²) in [5.41, 5.74) is 0.122. The number of imide groups is 1. The molecule has 0 unspecified atom stereocenters. The van der Waals surface area contributed by atoms with Crippen LogP contribution in [0.3, 0.4) is 0 Å². The molecule has 0 spiro atoms. The highest BCUT2D eigenvalue weighted by molar-refractivity contribution is 7.89. The van der Waals surface area contributed by atoms with Crippen LogP contribution in [-0.2, 0) is 24.3 Å². The number of hydrogen-bond donors (Lipinski definition) is 2. The van der Waals surface area contributed by atoms with Crippen molar-refractivity contribution in [1.29, 1.82) is 0 Å². The van der Waals surface area contributed by atoms with Crippen LogP contribution in [0.5, 0.6) is 0 Å². The number of hydrogen-bond acceptors (Lipinski definition) is 6. The van der Waals surface area contributed by atoms with Crippen LogP contribution in [0, 0.1) is 5.92 Å². The van der Waals surface area contributed by atoms with Gasteiger partial charge in [0.25, 0.3) is 5.91 Å². The monoisotopic (exact) mass is 408 g/mol. The topological polar surface area (TPSA) is 119 Å². The smallest absolute Gasteiger partial charge is 0.338 e. The number of amides is 2. The van der Waals surface area contributed by atoms with Crippen LogP contribution < -0.4 is 10.0 Å². The highest BCUT2D eigenvalue weighted by Gasteiger charge is 2.28. The number of benzene rings is 1. The van der Waals surface area contributed by atoms with Gasteiger partial charge in [-0.2, -0.15) is 0 Å². The zero-order chi connectivity index (χ0) is 20.1. The summed E-state index contributed by atoms with van der Waals surface area (Å²) in [7, 11) is -3.59. The van der Waals surface area contributed by atoms with Crippen LogP contribution in [0.25, 0.3) is 0 Å². The first-order valence-corrected chi connectivity index (χ1v) is 11.0. The van der Waals surface area contributed by atoms with Crippen LogP contribution in [0.4, 0.5) is 0 Å². The Bertz CT molecular complexity index is 840. The summed E-state index contributed by atoms with van der Waals surface area (Å²) >= 11 is 0. The van der Waals surface area contributed by atoms with Crippen molar-refractivity contribution < 1.29 is 27.5 Å². The number of esters is 1. The molecule has 1 aromatic rings. The Morgan fingerprint density at radius 1 is 0.964 bits per heavy atom. The lowest BCUT2D eigenvalue weighted by molar-refractivity contribution is -0.135. The fourth-order valence-corrected chi connectivity index (χ4v) is 4.42. The molecular weight excluding hydrogens is 384 g/mol. The number of carbonyl (C=O) groups is 3. The summed E-state index contributed by atoms with van der Waals surface area (Å²) in [6.07, 6.45) is 6.25. The minimum Gasteiger partial charge on any atom is -0.452 e. The fourth-order valence-electron chi connectivity index (χ4n) is 3.11. The van der Waals surface area contributed by atoms with Gasteiger partial charge in [0.15, 0.2) is 6.61 Å². The Morgan fingerprint density at radius 2 is 1.61 bits per heavy atom. The molecule has 0 aliphatic heterocycles. The largest absolute Gasteiger partial charge is 0.452 e. The molecule has 2 fully saturated rings. The van der Waals surface area contributed by atoms with Gasteiger partial charge in [0.1, 0.15) is 0 Å². The standard InChI is InChI=1S/C19H24N2O6S/c22-17(20-18(23)13-4-2-1-3-5-13)12-27-19(24)14-6-10-16(11-7-14)28(25,26)21-15-8-9-15/h6-7,10-11,13,15,21H,1-5,8-9,12H2,(H,20,22,23). The van der Waals surface area contributed by atoms with Crippen molar-refractivity contribution in [2.45, 2.75) is 55.9 Å². The predicted octanol–water partition coefficient (Wildman–Crippen LogP) is 1.51. The molecule has 0 heterocycles. The maximum atomic E-state index is 12.1. The molecule has 0 bridgehead atoms. The zero-order valence-corrected chi connectivity index (χ0v) is 16.3. The van der Waals surface area contributed by atoms with Crippen molar-refractivity contribution >= 4 is 27.8 Å². The van der Waals surface area contributed by atoms with Gasteiger partial charge in [0, 0.05) is 12.0 Å². The first-order valence-electron chi connectivity index (χ1n) is 9.48. The van der Waals surface area contributed by atoms with Gasteiger partial charge in [0.2, 0.25) is 15.9 Å². The molecule has 28 heavy (non-hydrogen) atoms. The van der Waals surface area contributed by atoms with Crippen molar-refractivity contribution in [2.75, 3.05) is 6.61 Å². The normalized spacial score (nSPS) is 17.7. The maximum Gasteiger partial charge on any atom is 0.338 e. The van der Waals surface area contributed by atoms with E-state index in [-0.39, 0.29) is 28.3 Å². The SMILES string of the molecule is O=C(COC(=O)c1ccc(S(=O)(=O)NC2CC2)cc1)NC(=O)C1CCCCC1. The third-order valence-electron chi connectivity index (χ3n) is 4.87. The van der Waals surface area contributed by atoms with Crippen LogP contribution in [0.2, 0.25) is 0 Å². The molecule has 2 saturated carbocycles. The average molecular weight is 408 g/mol. The second kappa shape index (κ2) is 8.83. The molecular formula is C19H24N2O6S. The van der Waals surface area contributed by atoms with E-state index in [0.717, 1.165) is 44.9 Å². The van der Waals surface area contributed by atoms with E-state index < -0.39 is 28.5 Å². The van der Waals surface area contributed by atoms with E-state index in [2.05, 4.69) is 10.0 Å². The van der Waals surface area contributed by atoms with E-state index >= 15 is 0 Å². The number of sulfonamides is 1. The number of carbonyl (C=O) groups excluding carboxylic acids is 3. The second-order valence-electron chi connectivity index (χ2n) is 7.24. The summed E-state index contributed by atoms with van der Waals surface area (Å²) in [5, 5.41) is 2.27. The lowest BCUT2D eigenvalue weighted by Gasteiger charge is -2.20. The minimum absolute atomic E-state index is 0.00975. The lowest BCUT2D eigenvalue weighted by atomic mass is 9.89. The van der Waals surface area contributed by atoms with Crippen molar-refractivity contribution in [3.8, 4) is 0 Å². The van der Waals surface area contributed by atoms with Crippen LogP contribution >= 0.6 is 0 Å². The van der Waals surface area contributed by atoms with E-state index in [1.165, 1.54) is 24.3 Å². The molecule has 0 aromatic heterocycles. The van der Waals surface area contributed by atoms with E-state index in [9.17, 15) is 22.8 Å². The fraction of sp³-hybridized carbons (Fsp3) is 0.526. The van der Waals surface area contributed by atoms with Gasteiger partial charge < -0.3 is 4.74 Å². The first kappa shape index (κ1) is 20.5. The summed E-state index contributed by atoms with van der Waals surface area (Å²) in [6.45, 7) is -0.569. The first-order chi connectivity index (χ1) is 13.3. The Morgan fingerprint density at radius 3 is 2.21 bits per heavy atom. The van der Waals surface area contributed by atoms with Gasteiger partial charge in [-0.25, -0.2) is 17.9 Å². The molecule has 1 aromatic carbocycles. The average Bonchev–Trinajstić information content (AvgIpc) is 3.50. The van der Waals surface area contributed by atoms with Crippen molar-refractivity contribution in [3.05, 3.63) is 29.8 Å². The van der Waals surface area contributed by atoms with Crippen molar-refractivity contribution in [2.24, 2.45) is 5.92 Å². The number of nitrogens with one attached hydrogen (secondary N) is 2. The summed E-state index contributed by atoms with van der Waals surface area (Å²) in [5.74, 6) is -1.92. The molecule has 2 N–H and O–H groups in total. The quantitative estimate of drug-likeness (QED) is 0.660. The lowest BCUT2D eigenvalue weighted by Crippen LogP contribution is -2.38. The molecule has 2 aliphatic carbocycles. The second-order valence-corrected chi connectivity index (χ2v) is 8.96. The molecule has 8 nitrogen and oxygen atoms in total. The Balaban J connectivity index is 1.47. The summed E-state index contributed by atoms with van der Waals surface area (Å²) < 4.78 is 31.7. The van der Waals surface area contributed by atoms with Gasteiger partial charge in [-0.3, -0.25) is 14.9 Å². The molecule has 2 amide bonds. The van der Waals surface area contributed by atoms with E-state index in [1.807, 2.05) is 0 Å². The van der Waals surface area contributed by atoms with Crippen LogP contribution in [0.15, 0.2) is 29.2 Å². The number of rotatable bonds is 7. The highest BCUT2D eigenvalue weighted by Crippen LogP contribution is 2.24. The summed E-state index contributed by atoms with van der Waals surface area (Å²) in [6, 6.07) is 5.27. The van der Waals surface area contributed by atoms with Crippen molar-refractivity contribution in [1.82, 2.24) is 10.0 Å². The minimum atomic E-state index is -3.59. The predicted molar refractivity (Wildman–Crippen MR) is 99.8 cm³/mol. The van der Waals surface area contributed by atoms with E-state index in [1.54, 1.807) is 0 Å². The van der Waals surface area contributed by atoms with Gasteiger partial charge in [-0.05, 0) is 49.9 Å². The van der Waals surface area contributed by atoms with E-state index in [4.69, 9.17) is 4.74 Å². The Hall–Kier alpha value is -2.26. The van der Waals surface area contributed by atoms with Crippen LogP contribution in [-0.4, -0.2) is 38.9 Å². The third-order valence-corrected chi connectivity index (χ3v) is 6.41. The molecule has 9 heteroatoms.